The smallest absolute Gasteiger partial charge is 0.759 e. The molecule has 0 aliphatic heterocycles. The topological polar surface area (TPSA) is 80.3 Å². The van der Waals surface area contributed by atoms with E-state index in [1.54, 1.807) is 0 Å². The fourth-order valence-corrected chi connectivity index (χ4v) is 0. The average molecular weight is 166 g/mol. The molecule has 0 N–H and O–H groups in total. The maximum absolute atomic E-state index is 8.52. The van der Waals surface area contributed by atoms with Gasteiger partial charge in [-0.15, -0.1) is 6.58 Å². The molecule has 0 saturated carbocycles. The standard InChI is InChI=1S/C4H8.2Li.H2O4S/c1-3-4-2;;;1-5(2,3)4/h3H,1,4H2,2H3;;;(H2,1,2,3,4)/q;2*+1;/p-2. The van der Waals surface area contributed by atoms with Crippen molar-refractivity contribution < 1.29 is 55.2 Å². The molecule has 0 unspecified atom stereocenters. The Labute approximate surface area is 91.4 Å². The Morgan fingerprint density at radius 1 is 1.36 bits per heavy atom. The molecule has 0 amide bonds. The first-order valence-electron chi connectivity index (χ1n) is 2.19. The quantitative estimate of drug-likeness (QED) is 0.168. The zero-order valence-electron chi connectivity index (χ0n) is 7.03. The molecule has 0 heterocycles. The Morgan fingerprint density at radius 2 is 1.45 bits per heavy atom. The zero-order chi connectivity index (χ0) is 7.91. The maximum atomic E-state index is 8.52. The SMILES string of the molecule is C=CCC.O=S(=O)([O-])[O-].[Li+].[Li+]. The first kappa shape index (κ1) is 22.6. The molecule has 0 aromatic rings. The predicted molar refractivity (Wildman–Crippen MR) is 31.0 cm³/mol. The van der Waals surface area contributed by atoms with Gasteiger partial charge in [-0.3, -0.25) is 8.42 Å². The van der Waals surface area contributed by atoms with Gasteiger partial charge in [0.2, 0.25) is 0 Å². The van der Waals surface area contributed by atoms with Crippen LogP contribution in [0.25, 0.3) is 0 Å². The fraction of sp³-hybridized carbons (Fsp3) is 0.500. The summed E-state index contributed by atoms with van der Waals surface area (Å²) in [4.78, 5) is 0. The van der Waals surface area contributed by atoms with Gasteiger partial charge in [-0.05, 0) is 6.42 Å². The molecule has 56 valence electrons. The number of hydrogen-bond donors (Lipinski definition) is 0. The Kier molecular flexibility index (Phi) is 27.6. The van der Waals surface area contributed by atoms with Crippen molar-refractivity contribution in [1.82, 2.24) is 0 Å². The molecule has 7 heteroatoms. The normalized spacial score (nSPS) is 7.55. The monoisotopic (exact) mass is 166 g/mol. The van der Waals surface area contributed by atoms with Gasteiger partial charge in [-0.1, -0.05) is 13.0 Å². The first-order chi connectivity index (χ1) is 3.91. The second-order valence-corrected chi connectivity index (χ2v) is 1.92. The van der Waals surface area contributed by atoms with Crippen LogP contribution in [0.4, 0.5) is 0 Å². The second kappa shape index (κ2) is 13.4. The molecule has 0 aromatic carbocycles. The minimum atomic E-state index is -5.17. The van der Waals surface area contributed by atoms with E-state index in [-0.39, 0.29) is 37.7 Å². The Hall–Kier alpha value is 0.805. The summed E-state index contributed by atoms with van der Waals surface area (Å²) < 4.78 is 34.1. The van der Waals surface area contributed by atoms with Crippen molar-refractivity contribution in [3.8, 4) is 0 Å². The van der Waals surface area contributed by atoms with Crippen LogP contribution < -0.4 is 37.7 Å². The van der Waals surface area contributed by atoms with Crippen molar-refractivity contribution in [3.05, 3.63) is 12.7 Å². The molecule has 0 radical (unpaired) electrons. The molecule has 0 spiro atoms. The molecule has 0 aliphatic carbocycles. The van der Waals surface area contributed by atoms with Crippen molar-refractivity contribution in [1.29, 1.82) is 0 Å². The summed E-state index contributed by atoms with van der Waals surface area (Å²) in [7, 11) is -5.17. The number of hydrogen-bond acceptors (Lipinski definition) is 4. The molecule has 0 aliphatic rings. The Balaban J connectivity index is -0.0000000383. The van der Waals surface area contributed by atoms with Gasteiger partial charge in [-0.2, -0.15) is 0 Å². The molecular formula is C4H8Li2O4S. The molecule has 4 nitrogen and oxygen atoms in total. The predicted octanol–water partition coefficient (Wildman–Crippen LogP) is -5.75. The van der Waals surface area contributed by atoms with E-state index < -0.39 is 10.4 Å². The molecular weight excluding hydrogens is 158 g/mol. The van der Waals surface area contributed by atoms with E-state index in [9.17, 15) is 0 Å². The van der Waals surface area contributed by atoms with E-state index in [1.807, 2.05) is 6.08 Å². The average Bonchev–Trinajstić information content (AvgIpc) is 1.61. The molecule has 0 bridgehead atoms. The van der Waals surface area contributed by atoms with Crippen LogP contribution in [0.1, 0.15) is 13.3 Å². The second-order valence-electron chi connectivity index (χ2n) is 1.11. The van der Waals surface area contributed by atoms with Crippen molar-refractivity contribution in [3.63, 3.8) is 0 Å². The third-order valence-electron chi connectivity index (χ3n) is 0.289. The van der Waals surface area contributed by atoms with Crippen molar-refractivity contribution >= 4 is 10.4 Å². The van der Waals surface area contributed by atoms with E-state index in [0.717, 1.165) is 6.42 Å². The van der Waals surface area contributed by atoms with Gasteiger partial charge in [0.1, 0.15) is 0 Å². The minimum absolute atomic E-state index is 0. The zero-order valence-corrected chi connectivity index (χ0v) is 7.85. The first-order valence-corrected chi connectivity index (χ1v) is 3.52. The molecule has 11 heavy (non-hydrogen) atoms. The van der Waals surface area contributed by atoms with E-state index in [4.69, 9.17) is 17.5 Å². The van der Waals surface area contributed by atoms with Crippen LogP contribution in [-0.4, -0.2) is 17.5 Å². The van der Waals surface area contributed by atoms with Gasteiger partial charge in [0.05, 0.1) is 0 Å². The van der Waals surface area contributed by atoms with Gasteiger partial charge in [0.25, 0.3) is 0 Å². The van der Waals surface area contributed by atoms with Crippen LogP contribution in [-0.2, 0) is 10.4 Å². The van der Waals surface area contributed by atoms with Crippen LogP contribution >= 0.6 is 0 Å². The van der Waals surface area contributed by atoms with E-state index >= 15 is 0 Å². The van der Waals surface area contributed by atoms with Crippen LogP contribution in [0.3, 0.4) is 0 Å². The molecule has 0 atom stereocenters. The Bertz CT molecular complexity index is 145. The fourth-order valence-electron chi connectivity index (χ4n) is 0. The van der Waals surface area contributed by atoms with Gasteiger partial charge in [0, 0.05) is 10.4 Å². The molecule has 0 saturated heterocycles. The summed E-state index contributed by atoms with van der Waals surface area (Å²) in [6.45, 7) is 5.54. The van der Waals surface area contributed by atoms with Crippen molar-refractivity contribution in [2.75, 3.05) is 0 Å². The van der Waals surface area contributed by atoms with Crippen LogP contribution in [0.15, 0.2) is 12.7 Å². The van der Waals surface area contributed by atoms with E-state index in [2.05, 4.69) is 13.5 Å². The maximum Gasteiger partial charge on any atom is 1.00 e. The molecule has 0 rings (SSSR count). The summed E-state index contributed by atoms with van der Waals surface area (Å²) in [6.07, 6.45) is 2.96. The van der Waals surface area contributed by atoms with E-state index in [0.29, 0.717) is 0 Å². The van der Waals surface area contributed by atoms with Gasteiger partial charge >= 0.3 is 37.7 Å². The number of allylic oxidation sites excluding steroid dienone is 1. The van der Waals surface area contributed by atoms with Gasteiger partial charge < -0.3 is 9.11 Å². The summed E-state index contributed by atoms with van der Waals surface area (Å²) in [5.41, 5.74) is 0. The van der Waals surface area contributed by atoms with E-state index in [1.165, 1.54) is 0 Å². The molecule has 0 fully saturated rings. The van der Waals surface area contributed by atoms with Crippen LogP contribution in [0.2, 0.25) is 0 Å². The van der Waals surface area contributed by atoms with Crippen molar-refractivity contribution in [2.24, 2.45) is 0 Å². The largest absolute Gasteiger partial charge is 1.00 e. The minimum Gasteiger partial charge on any atom is -0.759 e. The van der Waals surface area contributed by atoms with Crippen LogP contribution in [0.5, 0.6) is 0 Å². The summed E-state index contributed by atoms with van der Waals surface area (Å²) in [5, 5.41) is 0. The molecule has 0 aromatic heterocycles. The summed E-state index contributed by atoms with van der Waals surface area (Å²) in [6, 6.07) is 0. The Morgan fingerprint density at radius 3 is 1.45 bits per heavy atom. The van der Waals surface area contributed by atoms with Crippen LogP contribution in [0, 0.1) is 0 Å². The summed E-state index contributed by atoms with van der Waals surface area (Å²) in [5.74, 6) is 0. The van der Waals surface area contributed by atoms with Crippen molar-refractivity contribution in [2.45, 2.75) is 13.3 Å². The summed E-state index contributed by atoms with van der Waals surface area (Å²) >= 11 is 0. The number of rotatable bonds is 1. The van der Waals surface area contributed by atoms with Gasteiger partial charge in [0.15, 0.2) is 0 Å². The van der Waals surface area contributed by atoms with Gasteiger partial charge in [-0.25, -0.2) is 0 Å². The third kappa shape index (κ3) is 257. The third-order valence-corrected chi connectivity index (χ3v) is 0.289.